The van der Waals surface area contributed by atoms with Gasteiger partial charge in [-0.25, -0.2) is 0 Å². The van der Waals surface area contributed by atoms with E-state index in [4.69, 9.17) is 28.4 Å². The van der Waals surface area contributed by atoms with Crippen LogP contribution in [0.4, 0.5) is 0 Å². The third-order valence-corrected chi connectivity index (χ3v) is 20.7. The van der Waals surface area contributed by atoms with E-state index in [1.165, 1.54) is 263 Å². The van der Waals surface area contributed by atoms with Gasteiger partial charge in [-0.05, 0) is 51.4 Å². The van der Waals surface area contributed by atoms with Crippen molar-refractivity contribution >= 4 is 5.91 Å². The maximum atomic E-state index is 13.5. The molecule has 0 aliphatic carbocycles. The molecule has 1 amide bonds. The minimum atomic E-state index is -1.98. The van der Waals surface area contributed by atoms with Gasteiger partial charge in [0.2, 0.25) is 5.91 Å². The first-order valence-corrected chi connectivity index (χ1v) is 41.2. The molecule has 3 rings (SSSR count). The fourth-order valence-corrected chi connectivity index (χ4v) is 14.1. The number of hydrogen-bond donors (Lipinski definition) is 12. The normalized spacial score (nSPS) is 26.6. The van der Waals surface area contributed by atoms with E-state index < -0.39 is 124 Å². The third-order valence-electron chi connectivity index (χ3n) is 20.7. The summed E-state index contributed by atoms with van der Waals surface area (Å²) in [7, 11) is 0. The highest BCUT2D eigenvalue weighted by atomic mass is 16.8. The number of nitrogens with one attached hydrogen (secondary N) is 1. The molecule has 3 aliphatic heterocycles. The summed E-state index contributed by atoms with van der Waals surface area (Å²) in [5.74, 6) is -0.268. The van der Waals surface area contributed by atoms with Crippen LogP contribution in [0.2, 0.25) is 0 Å². The van der Waals surface area contributed by atoms with Crippen molar-refractivity contribution in [2.75, 3.05) is 26.4 Å². The minimum Gasteiger partial charge on any atom is -0.394 e. The van der Waals surface area contributed by atoms with E-state index >= 15 is 0 Å². The summed E-state index contributed by atoms with van der Waals surface area (Å²) in [6.07, 6.45) is 50.0. The smallest absolute Gasteiger partial charge is 0.220 e. The van der Waals surface area contributed by atoms with Crippen LogP contribution in [0.3, 0.4) is 0 Å². The lowest BCUT2D eigenvalue weighted by Crippen LogP contribution is -2.66. The molecule has 0 radical (unpaired) electrons. The highest BCUT2D eigenvalue weighted by molar-refractivity contribution is 5.76. The summed E-state index contributed by atoms with van der Waals surface area (Å²) in [4.78, 5) is 13.5. The molecule has 100 heavy (non-hydrogen) atoms. The molecular weight excluding hydrogens is 1270 g/mol. The summed E-state index contributed by atoms with van der Waals surface area (Å²) in [5.41, 5.74) is 0. The van der Waals surface area contributed by atoms with Crippen molar-refractivity contribution in [3.8, 4) is 0 Å². The Morgan fingerprint density at radius 2 is 0.660 bits per heavy atom. The highest BCUT2D eigenvalue weighted by Crippen LogP contribution is 2.33. The standard InChI is InChI=1S/C81H151NO18/c1-3-5-7-9-11-13-15-17-19-21-23-25-26-27-28-29-30-31-32-33-34-35-36-37-38-39-41-43-45-47-49-51-53-55-57-59-69(87)82-64(65(86)58-56-54-52-50-48-46-44-42-40-24-22-20-18-16-14-12-10-8-6-4-2)63-95-79-75(93)72(90)77(67(61-84)97-79)100-81-76(94)73(91)78(68(62-85)98-81)99-80-74(92)71(89)70(88)66(60-83)96-80/h15,17,21,23,56,58,64-68,70-81,83-86,88-94H,3-14,16,18-20,22,24-55,57,59-63H2,1-2H3,(H,82,87)/b17-15-,23-21-,58-56+. The molecule has 3 aliphatic rings. The Morgan fingerprint density at radius 3 is 1.02 bits per heavy atom. The van der Waals surface area contributed by atoms with E-state index in [0.717, 1.165) is 51.4 Å². The molecule has 0 bridgehead atoms. The molecular formula is C81H151NO18. The Morgan fingerprint density at radius 1 is 0.360 bits per heavy atom. The van der Waals surface area contributed by atoms with Gasteiger partial charge in [0.25, 0.3) is 0 Å². The van der Waals surface area contributed by atoms with E-state index in [1.807, 2.05) is 6.08 Å². The topological polar surface area (TPSA) is 307 Å². The number of ether oxygens (including phenoxy) is 6. The zero-order valence-corrected chi connectivity index (χ0v) is 62.9. The van der Waals surface area contributed by atoms with Crippen LogP contribution >= 0.6 is 0 Å². The highest BCUT2D eigenvalue weighted by Gasteiger charge is 2.54. The second-order valence-corrected chi connectivity index (χ2v) is 29.6. The molecule has 0 aromatic rings. The lowest BCUT2D eigenvalue weighted by atomic mass is 9.96. The van der Waals surface area contributed by atoms with Gasteiger partial charge < -0.3 is 89.9 Å². The van der Waals surface area contributed by atoms with E-state index in [0.29, 0.717) is 6.42 Å². The SMILES string of the molecule is CCCCCCC/C=C\C/C=C\CCCCCCCCCCCCCCCCCCCCCCCCCC(=O)NC(COC1OC(CO)C(OC2OC(CO)C(OC3OC(CO)C(O)C(O)C3O)C(O)C2O)C(O)C1O)C(O)/C=C/CCCCCCCCCCCCCCCCCCCC. The van der Waals surface area contributed by atoms with E-state index in [2.05, 4.69) is 43.5 Å². The predicted octanol–water partition coefficient (Wildman–Crippen LogP) is 13.9. The van der Waals surface area contributed by atoms with Gasteiger partial charge in [-0.2, -0.15) is 0 Å². The zero-order chi connectivity index (χ0) is 72.5. The predicted molar refractivity (Wildman–Crippen MR) is 397 cm³/mol. The van der Waals surface area contributed by atoms with E-state index in [9.17, 15) is 61.0 Å². The molecule has 3 fully saturated rings. The van der Waals surface area contributed by atoms with Gasteiger partial charge in [0.15, 0.2) is 18.9 Å². The molecule has 19 heteroatoms. The molecule has 17 atom stereocenters. The Bertz CT molecular complexity index is 1950. The summed E-state index contributed by atoms with van der Waals surface area (Å²) in [5, 5.41) is 121. The monoisotopic (exact) mass is 1430 g/mol. The van der Waals surface area contributed by atoms with Gasteiger partial charge in [0.1, 0.15) is 73.2 Å². The van der Waals surface area contributed by atoms with Crippen LogP contribution in [0, 0.1) is 0 Å². The number of carbonyl (C=O) groups excluding carboxylic acids is 1. The van der Waals surface area contributed by atoms with Crippen molar-refractivity contribution in [3.63, 3.8) is 0 Å². The fourth-order valence-electron chi connectivity index (χ4n) is 14.1. The number of aliphatic hydroxyl groups is 11. The van der Waals surface area contributed by atoms with Crippen LogP contribution in [0.1, 0.15) is 341 Å². The Kier molecular flexibility index (Phi) is 57.3. The first-order chi connectivity index (χ1) is 48.8. The minimum absolute atomic E-state index is 0.248. The van der Waals surface area contributed by atoms with Crippen LogP contribution in [0.25, 0.3) is 0 Å². The molecule has 0 saturated carbocycles. The largest absolute Gasteiger partial charge is 0.394 e. The zero-order valence-electron chi connectivity index (χ0n) is 62.9. The van der Waals surface area contributed by atoms with Gasteiger partial charge in [0, 0.05) is 6.42 Å². The Hall–Kier alpha value is -1.99. The van der Waals surface area contributed by atoms with Gasteiger partial charge >= 0.3 is 0 Å². The van der Waals surface area contributed by atoms with Crippen molar-refractivity contribution in [1.29, 1.82) is 0 Å². The second kappa shape index (κ2) is 62.1. The third kappa shape index (κ3) is 41.8. The van der Waals surface area contributed by atoms with E-state index in [-0.39, 0.29) is 18.9 Å². The van der Waals surface area contributed by atoms with Gasteiger partial charge in [0.05, 0.1) is 38.6 Å². The van der Waals surface area contributed by atoms with Crippen molar-refractivity contribution in [1.82, 2.24) is 5.32 Å². The number of rotatable bonds is 66. The number of amides is 1. The van der Waals surface area contributed by atoms with Crippen molar-refractivity contribution < 1.29 is 89.4 Å². The molecule has 0 aromatic carbocycles. The number of allylic oxidation sites excluding steroid dienone is 5. The molecule has 3 heterocycles. The Balaban J connectivity index is 1.33. The number of hydrogen-bond acceptors (Lipinski definition) is 18. The van der Waals surface area contributed by atoms with Crippen LogP contribution in [-0.2, 0) is 33.2 Å². The quantitative estimate of drug-likeness (QED) is 0.0199. The van der Waals surface area contributed by atoms with Crippen LogP contribution in [-0.4, -0.2) is 193 Å². The van der Waals surface area contributed by atoms with Crippen LogP contribution in [0.5, 0.6) is 0 Å². The molecule has 19 nitrogen and oxygen atoms in total. The molecule has 588 valence electrons. The summed E-state index contributed by atoms with van der Waals surface area (Å²) in [6, 6.07) is -0.972. The summed E-state index contributed by atoms with van der Waals surface area (Å²) in [6.45, 7) is 1.78. The molecule has 0 aromatic heterocycles. The molecule has 0 spiro atoms. The average Bonchev–Trinajstić information content (AvgIpc) is 0.783. The van der Waals surface area contributed by atoms with Gasteiger partial charge in [-0.15, -0.1) is 0 Å². The lowest BCUT2D eigenvalue weighted by molar-refractivity contribution is -0.379. The first-order valence-electron chi connectivity index (χ1n) is 41.2. The maximum absolute atomic E-state index is 13.5. The molecule has 3 saturated heterocycles. The van der Waals surface area contributed by atoms with Gasteiger partial charge in [-0.3, -0.25) is 4.79 Å². The second-order valence-electron chi connectivity index (χ2n) is 29.6. The lowest BCUT2D eigenvalue weighted by Gasteiger charge is -2.48. The maximum Gasteiger partial charge on any atom is 0.220 e. The molecule has 12 N–H and O–H groups in total. The van der Waals surface area contributed by atoms with Crippen molar-refractivity contribution in [2.24, 2.45) is 0 Å². The average molecular weight is 1430 g/mol. The molecule has 17 unspecified atom stereocenters. The number of carbonyl (C=O) groups is 1. The van der Waals surface area contributed by atoms with Crippen LogP contribution in [0.15, 0.2) is 36.5 Å². The fraction of sp³-hybridized carbons (Fsp3) is 0.914. The van der Waals surface area contributed by atoms with E-state index in [1.54, 1.807) is 6.08 Å². The summed E-state index contributed by atoms with van der Waals surface area (Å²) < 4.78 is 34.5. The van der Waals surface area contributed by atoms with Crippen LogP contribution < -0.4 is 5.32 Å². The Labute approximate surface area is 606 Å². The van der Waals surface area contributed by atoms with Crippen molar-refractivity contribution in [3.05, 3.63) is 36.5 Å². The summed E-state index contributed by atoms with van der Waals surface area (Å²) >= 11 is 0. The first kappa shape index (κ1) is 92.2. The van der Waals surface area contributed by atoms with Gasteiger partial charge in [-0.1, -0.05) is 320 Å². The number of aliphatic hydroxyl groups excluding tert-OH is 11. The number of unbranched alkanes of at least 4 members (excludes halogenated alkanes) is 46. The van der Waals surface area contributed by atoms with Crippen molar-refractivity contribution in [2.45, 2.75) is 446 Å².